The van der Waals surface area contributed by atoms with Crippen molar-refractivity contribution >= 4 is 11.9 Å². The van der Waals surface area contributed by atoms with Gasteiger partial charge in [0.15, 0.2) is 0 Å². The second-order valence-electron chi connectivity index (χ2n) is 6.46. The summed E-state index contributed by atoms with van der Waals surface area (Å²) in [4.78, 5) is 23.0. The largest absolute Gasteiger partial charge is 0.461 e. The smallest absolute Gasteiger partial charge is 0.306 e. The van der Waals surface area contributed by atoms with E-state index in [1.165, 1.54) is 12.8 Å². The standard InChI is InChI=1S/C22H31NO3/c1-2-18-23-21(24)16-12-7-5-3-4-6-8-13-17-22(25)26-19-20-14-10-9-11-15-20/h1,9-11,14-15H,3-8,12-13,16-19H2,(H,23,24). The number of hydrogen-bond donors (Lipinski definition) is 1. The van der Waals surface area contributed by atoms with Gasteiger partial charge in [0.1, 0.15) is 6.61 Å². The molecular formula is C22H31NO3. The van der Waals surface area contributed by atoms with Crippen molar-refractivity contribution in [3.63, 3.8) is 0 Å². The van der Waals surface area contributed by atoms with E-state index in [2.05, 4.69) is 11.2 Å². The molecule has 142 valence electrons. The van der Waals surface area contributed by atoms with Crippen LogP contribution in [0.1, 0.15) is 69.8 Å². The summed E-state index contributed by atoms with van der Waals surface area (Å²) in [5.41, 5.74) is 1.02. The van der Waals surface area contributed by atoms with Gasteiger partial charge in [0.2, 0.25) is 5.91 Å². The van der Waals surface area contributed by atoms with E-state index in [-0.39, 0.29) is 11.9 Å². The number of nitrogens with one attached hydrogen (secondary N) is 1. The van der Waals surface area contributed by atoms with Gasteiger partial charge in [-0.05, 0) is 18.4 Å². The highest BCUT2D eigenvalue weighted by atomic mass is 16.5. The Hall–Kier alpha value is -2.28. The number of rotatable bonds is 14. The molecule has 0 saturated heterocycles. The van der Waals surface area contributed by atoms with Gasteiger partial charge in [-0.3, -0.25) is 9.59 Å². The summed E-state index contributed by atoms with van der Waals surface area (Å²) in [5.74, 6) is 2.32. The van der Waals surface area contributed by atoms with Crippen molar-refractivity contribution in [2.75, 3.05) is 6.54 Å². The fourth-order valence-corrected chi connectivity index (χ4v) is 2.66. The average Bonchev–Trinajstić information content (AvgIpc) is 2.67. The molecule has 0 saturated carbocycles. The first-order valence-electron chi connectivity index (χ1n) is 9.62. The number of terminal acetylenes is 1. The highest BCUT2D eigenvalue weighted by Crippen LogP contribution is 2.11. The van der Waals surface area contributed by atoms with Gasteiger partial charge in [-0.25, -0.2) is 0 Å². The van der Waals surface area contributed by atoms with E-state index in [9.17, 15) is 9.59 Å². The topological polar surface area (TPSA) is 55.4 Å². The molecule has 1 aromatic carbocycles. The molecule has 4 heteroatoms. The second-order valence-corrected chi connectivity index (χ2v) is 6.46. The quantitative estimate of drug-likeness (QED) is 0.305. The third-order valence-corrected chi connectivity index (χ3v) is 4.17. The Balaban J connectivity index is 1.85. The zero-order valence-electron chi connectivity index (χ0n) is 15.7. The predicted octanol–water partition coefficient (Wildman–Crippen LogP) is 4.38. The molecule has 0 radical (unpaired) electrons. The Bertz CT molecular complexity index is 548. The summed E-state index contributed by atoms with van der Waals surface area (Å²) in [7, 11) is 0. The van der Waals surface area contributed by atoms with Crippen molar-refractivity contribution < 1.29 is 14.3 Å². The second kappa shape index (κ2) is 15.0. The van der Waals surface area contributed by atoms with Crippen LogP contribution in [0.5, 0.6) is 0 Å². The fourth-order valence-electron chi connectivity index (χ4n) is 2.66. The van der Waals surface area contributed by atoms with E-state index in [0.717, 1.165) is 44.1 Å². The van der Waals surface area contributed by atoms with Crippen LogP contribution >= 0.6 is 0 Å². The molecule has 0 aliphatic carbocycles. The lowest BCUT2D eigenvalue weighted by Crippen LogP contribution is -2.22. The van der Waals surface area contributed by atoms with Crippen molar-refractivity contribution in [1.82, 2.24) is 5.32 Å². The molecule has 0 fully saturated rings. The molecule has 1 aromatic rings. The summed E-state index contributed by atoms with van der Waals surface area (Å²) >= 11 is 0. The molecule has 0 spiro atoms. The van der Waals surface area contributed by atoms with Gasteiger partial charge < -0.3 is 10.1 Å². The predicted molar refractivity (Wildman–Crippen MR) is 104 cm³/mol. The molecule has 1 rings (SSSR count). The first-order valence-corrected chi connectivity index (χ1v) is 9.62. The van der Waals surface area contributed by atoms with Crippen LogP contribution in [0.4, 0.5) is 0 Å². The minimum absolute atomic E-state index is 0.0436. The molecule has 0 atom stereocenters. The van der Waals surface area contributed by atoms with Crippen molar-refractivity contribution in [3.05, 3.63) is 35.9 Å². The normalized spacial score (nSPS) is 10.1. The molecule has 0 heterocycles. The van der Waals surface area contributed by atoms with Crippen LogP contribution in [0, 0.1) is 12.3 Å². The van der Waals surface area contributed by atoms with Gasteiger partial charge >= 0.3 is 5.97 Å². The van der Waals surface area contributed by atoms with Crippen LogP contribution in [0.2, 0.25) is 0 Å². The first-order chi connectivity index (χ1) is 12.7. The number of unbranched alkanes of at least 4 members (excludes halogenated alkanes) is 7. The minimum atomic E-state index is -0.114. The highest BCUT2D eigenvalue weighted by Gasteiger charge is 2.03. The van der Waals surface area contributed by atoms with Crippen molar-refractivity contribution in [2.45, 2.75) is 70.8 Å². The molecule has 1 amide bonds. The third kappa shape index (κ3) is 12.1. The van der Waals surface area contributed by atoms with Crippen LogP contribution in [0.15, 0.2) is 30.3 Å². The maximum absolute atomic E-state index is 11.7. The summed E-state index contributed by atoms with van der Waals surface area (Å²) in [6.45, 7) is 0.680. The zero-order chi connectivity index (χ0) is 18.9. The summed E-state index contributed by atoms with van der Waals surface area (Å²) in [6, 6.07) is 9.74. The van der Waals surface area contributed by atoms with Gasteiger partial charge in [-0.1, -0.05) is 74.8 Å². The Morgan fingerprint density at radius 2 is 1.46 bits per heavy atom. The van der Waals surface area contributed by atoms with Crippen molar-refractivity contribution in [2.24, 2.45) is 0 Å². The highest BCUT2D eigenvalue weighted by molar-refractivity contribution is 5.76. The Morgan fingerprint density at radius 3 is 2.08 bits per heavy atom. The first kappa shape index (κ1) is 21.8. The van der Waals surface area contributed by atoms with E-state index in [4.69, 9.17) is 11.2 Å². The molecule has 26 heavy (non-hydrogen) atoms. The summed E-state index contributed by atoms with van der Waals surface area (Å²) in [5, 5.41) is 2.67. The number of amides is 1. The van der Waals surface area contributed by atoms with Crippen molar-refractivity contribution in [1.29, 1.82) is 0 Å². The Labute approximate surface area is 157 Å². The molecule has 0 unspecified atom stereocenters. The van der Waals surface area contributed by atoms with E-state index in [0.29, 0.717) is 26.0 Å². The van der Waals surface area contributed by atoms with Gasteiger partial charge in [0.25, 0.3) is 0 Å². The molecule has 0 aliphatic heterocycles. The Kier molecular flexibility index (Phi) is 12.6. The lowest BCUT2D eigenvalue weighted by atomic mass is 10.1. The number of hydrogen-bond acceptors (Lipinski definition) is 3. The average molecular weight is 357 g/mol. The Morgan fingerprint density at radius 1 is 0.885 bits per heavy atom. The molecule has 1 N–H and O–H groups in total. The SMILES string of the molecule is C#CCNC(=O)CCCCCCCCCCC(=O)OCc1ccccc1. The zero-order valence-corrected chi connectivity index (χ0v) is 15.7. The molecule has 0 bridgehead atoms. The van der Waals surface area contributed by atoms with Crippen LogP contribution in [0.3, 0.4) is 0 Å². The van der Waals surface area contributed by atoms with Crippen LogP contribution in [-0.4, -0.2) is 18.4 Å². The molecule has 0 aromatic heterocycles. The number of esters is 1. The number of carbonyl (C=O) groups is 2. The maximum atomic E-state index is 11.7. The maximum Gasteiger partial charge on any atom is 0.306 e. The number of carbonyl (C=O) groups excluding carboxylic acids is 2. The van der Waals surface area contributed by atoms with E-state index in [1.807, 2.05) is 30.3 Å². The summed E-state index contributed by atoms with van der Waals surface area (Å²) in [6.07, 6.45) is 14.8. The van der Waals surface area contributed by atoms with E-state index < -0.39 is 0 Å². The number of benzene rings is 1. The van der Waals surface area contributed by atoms with Crippen LogP contribution in [0.25, 0.3) is 0 Å². The lowest BCUT2D eigenvalue weighted by Gasteiger charge is -2.05. The third-order valence-electron chi connectivity index (χ3n) is 4.17. The van der Waals surface area contributed by atoms with Gasteiger partial charge in [0.05, 0.1) is 6.54 Å². The summed E-state index contributed by atoms with van der Waals surface area (Å²) < 4.78 is 5.26. The van der Waals surface area contributed by atoms with E-state index in [1.54, 1.807) is 0 Å². The monoisotopic (exact) mass is 357 g/mol. The van der Waals surface area contributed by atoms with Gasteiger partial charge in [-0.2, -0.15) is 0 Å². The van der Waals surface area contributed by atoms with Crippen molar-refractivity contribution in [3.8, 4) is 12.3 Å². The van der Waals surface area contributed by atoms with Crippen LogP contribution < -0.4 is 5.32 Å². The molecule has 0 aliphatic rings. The van der Waals surface area contributed by atoms with Gasteiger partial charge in [-0.15, -0.1) is 6.42 Å². The van der Waals surface area contributed by atoms with Gasteiger partial charge in [0, 0.05) is 12.8 Å². The minimum Gasteiger partial charge on any atom is -0.461 e. The molecular weight excluding hydrogens is 326 g/mol. The van der Waals surface area contributed by atoms with Crippen LogP contribution in [-0.2, 0) is 20.9 Å². The lowest BCUT2D eigenvalue weighted by molar-refractivity contribution is -0.145. The molecule has 4 nitrogen and oxygen atoms in total. The fraction of sp³-hybridized carbons (Fsp3) is 0.545. The number of ether oxygens (including phenoxy) is 1. The van der Waals surface area contributed by atoms with E-state index >= 15 is 0 Å².